The van der Waals surface area contributed by atoms with Gasteiger partial charge in [-0.05, 0) is 6.37 Å². The summed E-state index contributed by atoms with van der Waals surface area (Å²) in [6.45, 7) is -2.77. The minimum absolute atomic E-state index is 0.120. The molecule has 0 aliphatic rings. The zero-order chi connectivity index (χ0) is 11.0. The molecule has 3 heteroatoms. The van der Waals surface area contributed by atoms with Crippen LogP contribution in [0.15, 0.2) is 12.4 Å². The molecule has 0 aliphatic heterocycles. The fourth-order valence-corrected chi connectivity index (χ4v) is 0.403. The lowest BCUT2D eigenvalue weighted by molar-refractivity contribution is 1.00. The third-order valence-corrected chi connectivity index (χ3v) is 0.800. The van der Waals surface area contributed by atoms with E-state index in [9.17, 15) is 0 Å². The Hall–Kier alpha value is -1.12. The van der Waals surface area contributed by atoms with E-state index in [4.69, 9.17) is 12.6 Å². The van der Waals surface area contributed by atoms with Gasteiger partial charge in [0.1, 0.15) is 5.82 Å². The minimum atomic E-state index is -2.77. The molecule has 48 valence electrons. The van der Waals surface area contributed by atoms with Crippen molar-refractivity contribution in [2.24, 2.45) is 0 Å². The van der Waals surface area contributed by atoms with Crippen molar-refractivity contribution < 1.29 is 6.85 Å². The van der Waals surface area contributed by atoms with Crippen LogP contribution >= 0.6 is 0 Å². The summed E-state index contributed by atoms with van der Waals surface area (Å²) in [4.78, 5) is 7.18. The highest BCUT2D eigenvalue weighted by molar-refractivity contribution is 5.22. The molecule has 0 saturated heterocycles. The lowest BCUT2D eigenvalue weighted by atomic mass is 10.4. The Morgan fingerprint density at radius 2 is 2.67 bits per heavy atom. The van der Waals surface area contributed by atoms with Crippen molar-refractivity contribution in [1.29, 1.82) is 0 Å². The molecule has 9 heavy (non-hydrogen) atoms. The molecule has 1 aromatic rings. The summed E-state index contributed by atoms with van der Waals surface area (Å²) >= 11 is 0. The molecular weight excluding hydrogens is 114 g/mol. The average Bonchev–Trinajstić information content (AvgIpc) is 2.03. The molecule has 0 bridgehead atoms. The Bertz CT molecular complexity index is 317. The van der Waals surface area contributed by atoms with Gasteiger partial charge in [0, 0.05) is 6.85 Å². The van der Waals surface area contributed by atoms with Gasteiger partial charge in [-0.15, -0.1) is 0 Å². The van der Waals surface area contributed by atoms with Crippen LogP contribution in [0.1, 0.15) is 19.4 Å². The molecule has 0 atom stereocenters. The molecule has 0 amide bonds. The van der Waals surface area contributed by atoms with E-state index < -0.39 is 13.2 Å². The first-order valence-electron chi connectivity index (χ1n) is 4.83. The monoisotopic (exact) mass is 128 g/mol. The first kappa shape index (κ1) is 2.25. The second-order valence-corrected chi connectivity index (χ2v) is 1.45. The zero-order valence-electron chi connectivity index (χ0n) is 9.63. The Morgan fingerprint density at radius 1 is 1.78 bits per heavy atom. The van der Waals surface area contributed by atoms with E-state index in [0.29, 0.717) is 0 Å². The summed E-state index contributed by atoms with van der Waals surface area (Å²) in [5.41, 5.74) is 5.00. The molecule has 0 radical (unpaired) electrons. The summed E-state index contributed by atoms with van der Waals surface area (Å²) in [7, 11) is 0. The SMILES string of the molecule is [2H]C([2H])([2H])C([2H])([2H])c1cnc(N)cn1. The van der Waals surface area contributed by atoms with Crippen LogP contribution in [-0.4, -0.2) is 9.97 Å². The Kier molecular flexibility index (Phi) is 0.609. The number of aromatic nitrogens is 2. The van der Waals surface area contributed by atoms with Crippen molar-refractivity contribution in [1.82, 2.24) is 9.97 Å². The summed E-state index contributed by atoms with van der Waals surface area (Å²) in [6.07, 6.45) is -0.353. The molecule has 1 aromatic heterocycles. The highest BCUT2D eigenvalue weighted by Crippen LogP contribution is 1.95. The van der Waals surface area contributed by atoms with Gasteiger partial charge in [-0.25, -0.2) is 4.98 Å². The third kappa shape index (κ3) is 1.38. The van der Waals surface area contributed by atoms with Gasteiger partial charge in [0.25, 0.3) is 0 Å². The summed E-state index contributed by atoms with van der Waals surface area (Å²) in [5, 5.41) is 0. The lowest BCUT2D eigenvalue weighted by Crippen LogP contribution is -1.93. The van der Waals surface area contributed by atoms with Gasteiger partial charge in [-0.1, -0.05) is 6.85 Å². The van der Waals surface area contributed by atoms with E-state index in [0.717, 1.165) is 12.4 Å². The molecule has 0 fully saturated rings. The van der Waals surface area contributed by atoms with Gasteiger partial charge in [0.2, 0.25) is 0 Å². The van der Waals surface area contributed by atoms with Crippen LogP contribution in [0, 0.1) is 0 Å². The quantitative estimate of drug-likeness (QED) is 0.603. The molecule has 0 saturated carbocycles. The minimum Gasteiger partial charge on any atom is -0.382 e. The van der Waals surface area contributed by atoms with E-state index >= 15 is 0 Å². The van der Waals surface area contributed by atoms with Crippen LogP contribution in [0.5, 0.6) is 0 Å². The largest absolute Gasteiger partial charge is 0.382 e. The molecule has 0 unspecified atom stereocenters. The number of nitrogen functional groups attached to an aromatic ring is 1. The number of hydrogen-bond acceptors (Lipinski definition) is 3. The first-order chi connectivity index (χ1) is 6.25. The second kappa shape index (κ2) is 2.44. The van der Waals surface area contributed by atoms with Gasteiger partial charge in [-0.2, -0.15) is 0 Å². The summed E-state index contributed by atoms with van der Waals surface area (Å²) in [5.74, 6) is 0.120. The number of aryl methyl sites for hydroxylation is 1. The summed E-state index contributed by atoms with van der Waals surface area (Å²) in [6, 6.07) is 0. The highest BCUT2D eigenvalue weighted by atomic mass is 14.9. The number of rotatable bonds is 1. The molecule has 3 nitrogen and oxygen atoms in total. The smallest absolute Gasteiger partial charge is 0.141 e. The average molecular weight is 128 g/mol. The van der Waals surface area contributed by atoms with E-state index in [-0.39, 0.29) is 11.5 Å². The van der Waals surface area contributed by atoms with Crippen LogP contribution in [0.2, 0.25) is 0 Å². The van der Waals surface area contributed by atoms with Crippen LogP contribution in [0.3, 0.4) is 0 Å². The normalized spacial score (nSPS) is 20.7. The molecular formula is C6H9N3. The van der Waals surface area contributed by atoms with E-state index in [1.54, 1.807) is 0 Å². The molecule has 1 heterocycles. The fourth-order valence-electron chi connectivity index (χ4n) is 0.403. The van der Waals surface area contributed by atoms with Gasteiger partial charge in [0.05, 0.1) is 18.1 Å². The third-order valence-electron chi connectivity index (χ3n) is 0.800. The van der Waals surface area contributed by atoms with Crippen LogP contribution in [0.4, 0.5) is 5.82 Å². The van der Waals surface area contributed by atoms with Crippen molar-refractivity contribution in [3.8, 4) is 0 Å². The number of hydrogen-bond donors (Lipinski definition) is 1. The number of nitrogens with two attached hydrogens (primary N) is 1. The van der Waals surface area contributed by atoms with Gasteiger partial charge in [-0.3, -0.25) is 4.98 Å². The van der Waals surface area contributed by atoms with Crippen molar-refractivity contribution in [2.45, 2.75) is 13.2 Å². The van der Waals surface area contributed by atoms with Gasteiger partial charge in [0.15, 0.2) is 0 Å². The molecule has 0 aliphatic carbocycles. The number of nitrogens with zero attached hydrogens (tertiary/aromatic N) is 2. The highest BCUT2D eigenvalue weighted by Gasteiger charge is 1.88. The van der Waals surface area contributed by atoms with Crippen LogP contribution < -0.4 is 5.73 Å². The fraction of sp³-hybridized carbons (Fsp3) is 0.333. The predicted molar refractivity (Wildman–Crippen MR) is 35.8 cm³/mol. The van der Waals surface area contributed by atoms with Gasteiger partial charge < -0.3 is 5.73 Å². The Morgan fingerprint density at radius 3 is 3.22 bits per heavy atom. The molecule has 0 spiro atoms. The molecule has 1 rings (SSSR count). The number of anilines is 1. The maximum absolute atomic E-state index is 7.35. The maximum atomic E-state index is 7.35. The lowest BCUT2D eigenvalue weighted by Gasteiger charge is -1.92. The van der Waals surface area contributed by atoms with Gasteiger partial charge >= 0.3 is 0 Å². The maximum Gasteiger partial charge on any atom is 0.141 e. The predicted octanol–water partition coefficient (Wildman–Crippen LogP) is 0.621. The zero-order valence-corrected chi connectivity index (χ0v) is 4.63. The molecule has 0 aromatic carbocycles. The van der Waals surface area contributed by atoms with Crippen molar-refractivity contribution >= 4 is 5.82 Å². The summed E-state index contributed by atoms with van der Waals surface area (Å²) < 4.78 is 35.7. The van der Waals surface area contributed by atoms with Crippen molar-refractivity contribution in [2.75, 3.05) is 5.73 Å². The topological polar surface area (TPSA) is 51.8 Å². The molecule has 2 N–H and O–H groups in total. The Labute approximate surface area is 61.0 Å². The first-order valence-corrected chi connectivity index (χ1v) is 2.33. The standard InChI is InChI=1S/C6H9N3/c1-2-5-3-9-6(7)4-8-5/h3-4H,2H2,1H3,(H2,7,9)/i1D3,2D2. The Balaban J connectivity index is 3.10. The van der Waals surface area contributed by atoms with Crippen molar-refractivity contribution in [3.63, 3.8) is 0 Å². The van der Waals surface area contributed by atoms with E-state index in [2.05, 4.69) is 9.97 Å². The van der Waals surface area contributed by atoms with Crippen LogP contribution in [0.25, 0.3) is 0 Å². The van der Waals surface area contributed by atoms with Crippen molar-refractivity contribution in [3.05, 3.63) is 18.1 Å². The van der Waals surface area contributed by atoms with E-state index in [1.165, 1.54) is 0 Å². The second-order valence-electron chi connectivity index (χ2n) is 1.45. The van der Waals surface area contributed by atoms with E-state index in [1.807, 2.05) is 0 Å². The van der Waals surface area contributed by atoms with Crippen LogP contribution in [-0.2, 0) is 6.37 Å².